The molecule has 72 valence electrons. The van der Waals surface area contributed by atoms with Gasteiger partial charge < -0.3 is 5.11 Å². The molecule has 0 radical (unpaired) electrons. The van der Waals surface area contributed by atoms with Gasteiger partial charge in [-0.25, -0.2) is 4.79 Å². The Morgan fingerprint density at radius 1 is 1.62 bits per heavy atom. The summed E-state index contributed by atoms with van der Waals surface area (Å²) in [5.41, 5.74) is -1.15. The normalized spacial score (nSPS) is 12.8. The highest BCUT2D eigenvalue weighted by Crippen LogP contribution is 2.12. The Morgan fingerprint density at radius 2 is 2.23 bits per heavy atom. The maximum Gasteiger partial charge on any atom is 0.331 e. The molecule has 0 aromatic carbocycles. The molecule has 0 amide bonds. The number of rotatable bonds is 2. The molecule has 1 rings (SSSR count). The van der Waals surface area contributed by atoms with Crippen molar-refractivity contribution in [3.63, 3.8) is 0 Å². The average molecular weight is 184 g/mol. The van der Waals surface area contributed by atoms with E-state index in [1.54, 1.807) is 6.92 Å². The monoisotopic (exact) mass is 184 g/mol. The summed E-state index contributed by atoms with van der Waals surface area (Å²) in [5.74, 6) is -0.289. The van der Waals surface area contributed by atoms with E-state index in [9.17, 15) is 14.7 Å². The van der Waals surface area contributed by atoms with Crippen LogP contribution >= 0.6 is 0 Å². The van der Waals surface area contributed by atoms with Gasteiger partial charge in [-0.05, 0) is 13.3 Å². The SMILES string of the molecule is CCC(C)n1c(O)cc(=O)[nH]c1=O. The second kappa shape index (κ2) is 3.47. The Hall–Kier alpha value is -1.52. The van der Waals surface area contributed by atoms with Gasteiger partial charge in [0.05, 0.1) is 6.07 Å². The molecule has 2 N–H and O–H groups in total. The van der Waals surface area contributed by atoms with Crippen LogP contribution in [-0.2, 0) is 0 Å². The van der Waals surface area contributed by atoms with Gasteiger partial charge in [-0.3, -0.25) is 14.3 Å². The second-order valence-corrected chi connectivity index (χ2v) is 2.92. The molecule has 0 aliphatic rings. The molecule has 0 aliphatic carbocycles. The molecule has 0 saturated carbocycles. The van der Waals surface area contributed by atoms with E-state index in [0.717, 1.165) is 10.6 Å². The minimum atomic E-state index is -0.581. The Morgan fingerprint density at radius 3 is 2.69 bits per heavy atom. The lowest BCUT2D eigenvalue weighted by atomic mass is 10.2. The predicted molar refractivity (Wildman–Crippen MR) is 48.0 cm³/mol. The van der Waals surface area contributed by atoms with Gasteiger partial charge in [0, 0.05) is 6.04 Å². The van der Waals surface area contributed by atoms with Crippen molar-refractivity contribution in [2.45, 2.75) is 26.3 Å². The Kier molecular flexibility index (Phi) is 2.55. The summed E-state index contributed by atoms with van der Waals surface area (Å²) in [6.45, 7) is 3.68. The van der Waals surface area contributed by atoms with Crippen LogP contribution in [0.5, 0.6) is 5.88 Å². The lowest BCUT2D eigenvalue weighted by Gasteiger charge is -2.12. The zero-order valence-corrected chi connectivity index (χ0v) is 7.57. The number of nitrogens with zero attached hydrogens (tertiary/aromatic N) is 1. The minimum absolute atomic E-state index is 0.121. The molecule has 0 spiro atoms. The van der Waals surface area contributed by atoms with E-state index >= 15 is 0 Å². The van der Waals surface area contributed by atoms with Gasteiger partial charge in [0.1, 0.15) is 0 Å². The fourth-order valence-corrected chi connectivity index (χ4v) is 1.10. The molecule has 1 atom stereocenters. The number of aromatic nitrogens is 2. The van der Waals surface area contributed by atoms with Crippen molar-refractivity contribution in [1.82, 2.24) is 9.55 Å². The van der Waals surface area contributed by atoms with E-state index in [4.69, 9.17) is 0 Å². The zero-order chi connectivity index (χ0) is 10.0. The molecule has 0 fully saturated rings. The lowest BCUT2D eigenvalue weighted by Crippen LogP contribution is -2.30. The van der Waals surface area contributed by atoms with E-state index in [1.807, 2.05) is 6.92 Å². The molecule has 13 heavy (non-hydrogen) atoms. The first-order valence-corrected chi connectivity index (χ1v) is 4.11. The maximum atomic E-state index is 11.2. The summed E-state index contributed by atoms with van der Waals surface area (Å²) in [5, 5.41) is 9.32. The fraction of sp³-hybridized carbons (Fsp3) is 0.500. The summed E-state index contributed by atoms with van der Waals surface area (Å²) >= 11 is 0. The van der Waals surface area contributed by atoms with Crippen LogP contribution < -0.4 is 11.2 Å². The molecule has 5 heteroatoms. The van der Waals surface area contributed by atoms with E-state index in [2.05, 4.69) is 4.98 Å². The van der Waals surface area contributed by atoms with Gasteiger partial charge in [0.15, 0.2) is 0 Å². The van der Waals surface area contributed by atoms with E-state index in [0.29, 0.717) is 6.42 Å². The van der Waals surface area contributed by atoms with Gasteiger partial charge in [0.2, 0.25) is 5.88 Å². The number of aromatic amines is 1. The number of aromatic hydroxyl groups is 1. The third kappa shape index (κ3) is 1.80. The Bertz CT molecular complexity index is 405. The molecule has 1 heterocycles. The van der Waals surface area contributed by atoms with Crippen LogP contribution in [-0.4, -0.2) is 14.7 Å². The number of nitrogens with one attached hydrogen (secondary N) is 1. The van der Waals surface area contributed by atoms with Crippen molar-refractivity contribution in [3.8, 4) is 5.88 Å². The molecule has 0 aliphatic heterocycles. The quantitative estimate of drug-likeness (QED) is 0.690. The number of hydrogen-bond acceptors (Lipinski definition) is 3. The van der Waals surface area contributed by atoms with Crippen LogP contribution in [0, 0.1) is 0 Å². The second-order valence-electron chi connectivity index (χ2n) is 2.92. The van der Waals surface area contributed by atoms with Crippen LogP contribution in [0.25, 0.3) is 0 Å². The molecule has 1 unspecified atom stereocenters. The molecule has 0 saturated heterocycles. The van der Waals surface area contributed by atoms with Gasteiger partial charge in [-0.2, -0.15) is 0 Å². The van der Waals surface area contributed by atoms with Gasteiger partial charge >= 0.3 is 5.69 Å². The van der Waals surface area contributed by atoms with Gasteiger partial charge in [0.25, 0.3) is 5.56 Å². The largest absolute Gasteiger partial charge is 0.494 e. The van der Waals surface area contributed by atoms with Crippen molar-refractivity contribution in [3.05, 3.63) is 26.9 Å². The van der Waals surface area contributed by atoms with Crippen LogP contribution in [0.3, 0.4) is 0 Å². The molecule has 5 nitrogen and oxygen atoms in total. The standard InChI is InChI=1S/C8H12N2O3/c1-3-5(2)10-7(12)4-6(11)9-8(10)13/h4-5,12H,3H2,1-2H3,(H,9,11,13). The van der Waals surface area contributed by atoms with Crippen LogP contribution in [0.1, 0.15) is 26.3 Å². The first-order chi connectivity index (χ1) is 6.06. The van der Waals surface area contributed by atoms with Crippen molar-refractivity contribution >= 4 is 0 Å². The minimum Gasteiger partial charge on any atom is -0.494 e. The number of hydrogen-bond donors (Lipinski definition) is 2. The highest BCUT2D eigenvalue weighted by atomic mass is 16.3. The van der Waals surface area contributed by atoms with Crippen molar-refractivity contribution < 1.29 is 5.11 Å². The highest BCUT2D eigenvalue weighted by Gasteiger charge is 2.09. The maximum absolute atomic E-state index is 11.2. The van der Waals surface area contributed by atoms with E-state index in [1.165, 1.54) is 0 Å². The third-order valence-corrected chi connectivity index (χ3v) is 1.99. The summed E-state index contributed by atoms with van der Waals surface area (Å²) in [6, 6.07) is 0.873. The lowest BCUT2D eigenvalue weighted by molar-refractivity contribution is 0.367. The molecular formula is C8H12N2O3. The van der Waals surface area contributed by atoms with Crippen LogP contribution in [0.2, 0.25) is 0 Å². The highest BCUT2D eigenvalue weighted by molar-refractivity contribution is 5.06. The Balaban J connectivity index is 3.37. The van der Waals surface area contributed by atoms with Crippen molar-refractivity contribution in [2.75, 3.05) is 0 Å². The predicted octanol–water partition coefficient (Wildman–Crippen LogP) is 0.213. The Labute approximate surface area is 74.7 Å². The van der Waals surface area contributed by atoms with Gasteiger partial charge in [-0.1, -0.05) is 6.92 Å². The summed E-state index contributed by atoms with van der Waals surface area (Å²) < 4.78 is 1.15. The van der Waals surface area contributed by atoms with E-state index < -0.39 is 11.2 Å². The van der Waals surface area contributed by atoms with Gasteiger partial charge in [-0.15, -0.1) is 0 Å². The third-order valence-electron chi connectivity index (χ3n) is 1.99. The first kappa shape index (κ1) is 9.57. The smallest absolute Gasteiger partial charge is 0.331 e. The fourth-order valence-electron chi connectivity index (χ4n) is 1.10. The molecule has 1 aromatic rings. The summed E-state index contributed by atoms with van der Waals surface area (Å²) in [6.07, 6.45) is 0.708. The first-order valence-electron chi connectivity index (χ1n) is 4.11. The molecule has 0 bridgehead atoms. The summed E-state index contributed by atoms with van der Waals surface area (Å²) in [4.78, 5) is 24.0. The van der Waals surface area contributed by atoms with E-state index in [-0.39, 0.29) is 11.9 Å². The van der Waals surface area contributed by atoms with Crippen molar-refractivity contribution in [1.29, 1.82) is 0 Å². The molecular weight excluding hydrogens is 172 g/mol. The summed E-state index contributed by atoms with van der Waals surface area (Å²) in [7, 11) is 0. The average Bonchev–Trinajstić information content (AvgIpc) is 2.02. The topological polar surface area (TPSA) is 75.1 Å². The van der Waals surface area contributed by atoms with Crippen molar-refractivity contribution in [2.24, 2.45) is 0 Å². The number of H-pyrrole nitrogens is 1. The van der Waals surface area contributed by atoms with Crippen LogP contribution in [0.4, 0.5) is 0 Å². The zero-order valence-electron chi connectivity index (χ0n) is 7.57. The van der Waals surface area contributed by atoms with Crippen LogP contribution in [0.15, 0.2) is 15.7 Å². The molecule has 1 aromatic heterocycles.